The van der Waals surface area contributed by atoms with Crippen LogP contribution in [0.4, 0.5) is 4.79 Å². The van der Waals surface area contributed by atoms with Crippen molar-refractivity contribution in [2.75, 3.05) is 13.7 Å². The van der Waals surface area contributed by atoms with Gasteiger partial charge in [-0.05, 0) is 12.8 Å². The van der Waals surface area contributed by atoms with Crippen molar-refractivity contribution in [3.63, 3.8) is 0 Å². The average molecular weight is 184 g/mol. The first-order chi connectivity index (χ1) is 6.22. The van der Waals surface area contributed by atoms with E-state index in [0.29, 0.717) is 0 Å². The molecule has 5 nitrogen and oxygen atoms in total. The van der Waals surface area contributed by atoms with Gasteiger partial charge in [0.25, 0.3) is 0 Å². The predicted octanol–water partition coefficient (Wildman–Crippen LogP) is -0.284. The first-order valence-corrected chi connectivity index (χ1v) is 4.35. The molecular formula is C8H12N2O3. The first kappa shape index (κ1) is 8.50. The second kappa shape index (κ2) is 2.99. The minimum atomic E-state index is -0.260. The molecule has 1 saturated heterocycles. The van der Waals surface area contributed by atoms with E-state index >= 15 is 0 Å². The average Bonchev–Trinajstić information content (AvgIpc) is 2.33. The van der Waals surface area contributed by atoms with Crippen molar-refractivity contribution in [2.45, 2.75) is 25.0 Å². The lowest BCUT2D eigenvalue weighted by atomic mass is 9.88. The smallest absolute Gasteiger partial charge is 0.324 e. The van der Waals surface area contributed by atoms with Gasteiger partial charge in [0.2, 0.25) is 5.91 Å². The molecular weight excluding hydrogens is 172 g/mol. The van der Waals surface area contributed by atoms with Crippen molar-refractivity contribution < 1.29 is 14.3 Å². The van der Waals surface area contributed by atoms with Crippen molar-refractivity contribution in [3.05, 3.63) is 0 Å². The van der Waals surface area contributed by atoms with E-state index in [1.165, 1.54) is 4.90 Å². The summed E-state index contributed by atoms with van der Waals surface area (Å²) in [5.41, 5.74) is 0. The molecule has 3 amide bonds. The molecule has 72 valence electrons. The van der Waals surface area contributed by atoms with Crippen LogP contribution in [0.3, 0.4) is 0 Å². The van der Waals surface area contributed by atoms with Crippen LogP contribution in [0.5, 0.6) is 0 Å². The van der Waals surface area contributed by atoms with E-state index in [2.05, 4.69) is 5.32 Å². The number of hydrogen-bond acceptors (Lipinski definition) is 3. The van der Waals surface area contributed by atoms with Crippen molar-refractivity contribution in [1.29, 1.82) is 0 Å². The summed E-state index contributed by atoms with van der Waals surface area (Å²) in [6, 6.07) is -0.204. The van der Waals surface area contributed by atoms with Crippen molar-refractivity contribution in [2.24, 2.45) is 0 Å². The molecule has 1 aliphatic heterocycles. The maximum atomic E-state index is 11.2. The molecule has 0 aromatic carbocycles. The molecule has 0 aromatic heterocycles. The van der Waals surface area contributed by atoms with Gasteiger partial charge in [-0.15, -0.1) is 0 Å². The van der Waals surface area contributed by atoms with Crippen LogP contribution in [0.2, 0.25) is 0 Å². The molecule has 0 unspecified atom stereocenters. The van der Waals surface area contributed by atoms with Gasteiger partial charge in [-0.2, -0.15) is 0 Å². The van der Waals surface area contributed by atoms with E-state index in [1.807, 2.05) is 0 Å². The maximum Gasteiger partial charge on any atom is 0.324 e. The summed E-state index contributed by atoms with van der Waals surface area (Å²) in [7, 11) is 1.65. The van der Waals surface area contributed by atoms with Crippen LogP contribution in [-0.4, -0.2) is 42.6 Å². The third-order valence-corrected chi connectivity index (χ3v) is 2.65. The minimum absolute atomic E-state index is 0.0555. The molecule has 1 saturated carbocycles. The van der Waals surface area contributed by atoms with Crippen LogP contribution in [0.1, 0.15) is 12.8 Å². The molecule has 1 aliphatic carbocycles. The second-order valence-electron chi connectivity index (χ2n) is 3.41. The number of urea groups is 1. The minimum Gasteiger partial charge on any atom is -0.381 e. The van der Waals surface area contributed by atoms with Gasteiger partial charge in [-0.1, -0.05) is 0 Å². The Kier molecular flexibility index (Phi) is 1.95. The zero-order valence-electron chi connectivity index (χ0n) is 7.45. The quantitative estimate of drug-likeness (QED) is 0.600. The van der Waals surface area contributed by atoms with E-state index in [4.69, 9.17) is 4.74 Å². The number of hydrogen-bond donors (Lipinski definition) is 1. The Morgan fingerprint density at radius 3 is 2.62 bits per heavy atom. The third kappa shape index (κ3) is 1.29. The lowest BCUT2D eigenvalue weighted by Crippen LogP contribution is -2.50. The number of nitrogens with zero attached hydrogens (tertiary/aromatic N) is 1. The Labute approximate surface area is 76.0 Å². The molecule has 1 heterocycles. The summed E-state index contributed by atoms with van der Waals surface area (Å²) in [4.78, 5) is 23.7. The number of amides is 3. The lowest BCUT2D eigenvalue weighted by Gasteiger charge is -2.38. The van der Waals surface area contributed by atoms with E-state index in [1.54, 1.807) is 7.11 Å². The Morgan fingerprint density at radius 2 is 2.15 bits per heavy atom. The van der Waals surface area contributed by atoms with Crippen LogP contribution in [-0.2, 0) is 9.53 Å². The summed E-state index contributed by atoms with van der Waals surface area (Å²) in [6.45, 7) is 0.146. The van der Waals surface area contributed by atoms with Gasteiger partial charge in [0.1, 0.15) is 0 Å². The summed E-state index contributed by atoms with van der Waals surface area (Å²) in [6.07, 6.45) is 1.76. The van der Waals surface area contributed by atoms with E-state index in [9.17, 15) is 9.59 Å². The second-order valence-corrected chi connectivity index (χ2v) is 3.41. The Bertz CT molecular complexity index is 232. The van der Waals surface area contributed by atoms with E-state index in [-0.39, 0.29) is 30.6 Å². The van der Waals surface area contributed by atoms with E-state index in [0.717, 1.165) is 12.8 Å². The highest BCUT2D eigenvalue weighted by molar-refractivity contribution is 6.02. The van der Waals surface area contributed by atoms with Gasteiger partial charge in [-0.3, -0.25) is 9.69 Å². The topological polar surface area (TPSA) is 58.6 Å². The van der Waals surface area contributed by atoms with Crippen LogP contribution < -0.4 is 5.32 Å². The van der Waals surface area contributed by atoms with Gasteiger partial charge in [0.15, 0.2) is 0 Å². The molecule has 2 fully saturated rings. The van der Waals surface area contributed by atoms with Gasteiger partial charge in [-0.25, -0.2) is 4.79 Å². The van der Waals surface area contributed by atoms with Crippen molar-refractivity contribution >= 4 is 11.9 Å². The standard InChI is InChI=1S/C8H12N2O3/c1-13-6-2-5(3-6)10-7(11)4-9-8(10)12/h5-6H,2-4H2,1H3,(H,9,12). The van der Waals surface area contributed by atoms with Crippen molar-refractivity contribution in [3.8, 4) is 0 Å². The number of carbonyl (C=O) groups is 2. The SMILES string of the molecule is COC1CC(N2C(=O)CNC2=O)C1. The van der Waals surface area contributed by atoms with Gasteiger partial charge in [0, 0.05) is 13.2 Å². The van der Waals surface area contributed by atoms with Crippen molar-refractivity contribution in [1.82, 2.24) is 10.2 Å². The summed E-state index contributed by atoms with van der Waals surface area (Å²) in [5.74, 6) is -0.121. The molecule has 0 atom stereocenters. The largest absolute Gasteiger partial charge is 0.381 e. The maximum absolute atomic E-state index is 11.2. The summed E-state index contributed by atoms with van der Waals surface area (Å²) >= 11 is 0. The fraction of sp³-hybridized carbons (Fsp3) is 0.750. The monoisotopic (exact) mass is 184 g/mol. The molecule has 13 heavy (non-hydrogen) atoms. The summed E-state index contributed by atoms with van der Waals surface area (Å²) in [5, 5.41) is 2.50. The Hall–Kier alpha value is -1.10. The molecule has 1 N–H and O–H groups in total. The molecule has 0 spiro atoms. The highest BCUT2D eigenvalue weighted by Crippen LogP contribution is 2.28. The fourth-order valence-electron chi connectivity index (χ4n) is 1.75. The van der Waals surface area contributed by atoms with Crippen LogP contribution >= 0.6 is 0 Å². The zero-order chi connectivity index (χ0) is 9.42. The van der Waals surface area contributed by atoms with E-state index < -0.39 is 0 Å². The lowest BCUT2D eigenvalue weighted by molar-refractivity contribution is -0.130. The van der Waals surface area contributed by atoms with Crippen LogP contribution in [0.15, 0.2) is 0 Å². The first-order valence-electron chi connectivity index (χ1n) is 4.35. The summed E-state index contributed by atoms with van der Waals surface area (Å²) < 4.78 is 5.08. The number of ether oxygens (including phenoxy) is 1. The van der Waals surface area contributed by atoms with Gasteiger partial charge in [0.05, 0.1) is 12.6 Å². The fourth-order valence-corrected chi connectivity index (χ4v) is 1.75. The Morgan fingerprint density at radius 1 is 1.46 bits per heavy atom. The van der Waals surface area contributed by atoms with Crippen LogP contribution in [0.25, 0.3) is 0 Å². The van der Waals surface area contributed by atoms with Crippen LogP contribution in [0, 0.1) is 0 Å². The normalized spacial score (nSPS) is 33.2. The molecule has 0 radical (unpaired) electrons. The Balaban J connectivity index is 1.95. The molecule has 5 heteroatoms. The number of imide groups is 1. The molecule has 2 aliphatic rings. The molecule has 0 aromatic rings. The number of carbonyl (C=O) groups excluding carboxylic acids is 2. The molecule has 2 rings (SSSR count). The van der Waals surface area contributed by atoms with Gasteiger partial charge >= 0.3 is 6.03 Å². The number of nitrogens with one attached hydrogen (secondary N) is 1. The highest BCUT2D eigenvalue weighted by Gasteiger charge is 2.42. The number of rotatable bonds is 2. The zero-order valence-corrected chi connectivity index (χ0v) is 7.45. The molecule has 0 bridgehead atoms. The predicted molar refractivity (Wildman–Crippen MR) is 44.1 cm³/mol. The number of methoxy groups -OCH3 is 1. The van der Waals surface area contributed by atoms with Gasteiger partial charge < -0.3 is 10.1 Å². The highest BCUT2D eigenvalue weighted by atomic mass is 16.5. The third-order valence-electron chi connectivity index (χ3n) is 2.65.